The number of thioether (sulfide) groups is 1. The molecule has 3 rings (SSSR count). The minimum atomic E-state index is 0.0610. The first-order valence-electron chi connectivity index (χ1n) is 9.71. The van der Waals surface area contributed by atoms with Crippen molar-refractivity contribution in [3.05, 3.63) is 54.1 Å². The molecule has 2 N–H and O–H groups in total. The van der Waals surface area contributed by atoms with Crippen LogP contribution in [0.25, 0.3) is 0 Å². The van der Waals surface area contributed by atoms with Crippen molar-refractivity contribution >= 4 is 29.3 Å². The molecule has 0 bridgehead atoms. The zero-order valence-corrected chi connectivity index (χ0v) is 16.7. The molecule has 1 aliphatic heterocycles. The molecule has 0 atom stereocenters. The number of carbonyl (C=O) groups excluding carboxylic acids is 2. The van der Waals surface area contributed by atoms with Gasteiger partial charge in [-0.05, 0) is 60.9 Å². The maximum Gasteiger partial charge on any atom is 0.224 e. The van der Waals surface area contributed by atoms with Gasteiger partial charge in [-0.2, -0.15) is 0 Å². The van der Waals surface area contributed by atoms with E-state index in [1.807, 2.05) is 36.4 Å². The summed E-state index contributed by atoms with van der Waals surface area (Å²) < 4.78 is 5.75. The molecular formula is C22H26N2O3S. The summed E-state index contributed by atoms with van der Waals surface area (Å²) in [5.41, 5.74) is 1.97. The predicted molar refractivity (Wildman–Crippen MR) is 113 cm³/mol. The molecule has 148 valence electrons. The molecule has 0 spiro atoms. The lowest BCUT2D eigenvalue weighted by atomic mass is 10.0. The summed E-state index contributed by atoms with van der Waals surface area (Å²) in [7, 11) is 0. The molecule has 6 heteroatoms. The number of hydrogen-bond donors (Lipinski definition) is 2. The van der Waals surface area contributed by atoms with E-state index in [1.54, 1.807) is 11.8 Å². The predicted octanol–water partition coefficient (Wildman–Crippen LogP) is 4.03. The number of ether oxygens (including phenoxy) is 1. The number of anilines is 1. The molecule has 2 amide bonds. The SMILES string of the molecule is O=C(CCCOc1ccc2c(c1)CCC(=O)N2)NCCCSc1ccccc1. The highest BCUT2D eigenvalue weighted by atomic mass is 32.2. The van der Waals surface area contributed by atoms with Crippen molar-refractivity contribution in [3.8, 4) is 5.75 Å². The number of hydrogen-bond acceptors (Lipinski definition) is 4. The molecule has 2 aromatic rings. The standard InChI is InChI=1S/C22H26N2O3S/c25-21(23-13-5-15-28-19-6-2-1-3-7-19)8-4-14-27-18-10-11-20-17(16-18)9-12-22(26)24-20/h1-3,6-7,10-11,16H,4-5,8-9,12-15H2,(H,23,25)(H,24,26). The first-order chi connectivity index (χ1) is 13.7. The highest BCUT2D eigenvalue weighted by Crippen LogP contribution is 2.26. The lowest BCUT2D eigenvalue weighted by Crippen LogP contribution is -2.24. The summed E-state index contributed by atoms with van der Waals surface area (Å²) in [5.74, 6) is 1.91. The summed E-state index contributed by atoms with van der Waals surface area (Å²) >= 11 is 1.81. The number of benzene rings is 2. The number of rotatable bonds is 10. The fourth-order valence-corrected chi connectivity index (χ4v) is 3.84. The molecule has 0 aliphatic carbocycles. The van der Waals surface area contributed by atoms with Crippen LogP contribution in [0.5, 0.6) is 5.75 Å². The molecule has 0 fully saturated rings. The van der Waals surface area contributed by atoms with Crippen molar-refractivity contribution in [2.75, 3.05) is 24.2 Å². The fraction of sp³-hybridized carbons (Fsp3) is 0.364. The quantitative estimate of drug-likeness (QED) is 0.468. The molecule has 28 heavy (non-hydrogen) atoms. The molecule has 2 aromatic carbocycles. The normalized spacial score (nSPS) is 12.8. The molecule has 5 nitrogen and oxygen atoms in total. The Kier molecular flexibility index (Phi) is 7.79. The van der Waals surface area contributed by atoms with Crippen LogP contribution in [-0.4, -0.2) is 30.7 Å². The van der Waals surface area contributed by atoms with Gasteiger partial charge in [0.2, 0.25) is 11.8 Å². The topological polar surface area (TPSA) is 67.4 Å². The lowest BCUT2D eigenvalue weighted by molar-refractivity contribution is -0.121. The molecule has 0 aromatic heterocycles. The van der Waals surface area contributed by atoms with Gasteiger partial charge in [-0.1, -0.05) is 18.2 Å². The minimum absolute atomic E-state index is 0.0610. The number of amides is 2. The van der Waals surface area contributed by atoms with E-state index >= 15 is 0 Å². The van der Waals surface area contributed by atoms with E-state index < -0.39 is 0 Å². The minimum Gasteiger partial charge on any atom is -0.494 e. The smallest absolute Gasteiger partial charge is 0.224 e. The van der Waals surface area contributed by atoms with E-state index in [0.717, 1.165) is 35.6 Å². The Morgan fingerprint density at radius 3 is 2.82 bits per heavy atom. The summed E-state index contributed by atoms with van der Waals surface area (Å²) in [5, 5.41) is 5.82. The third-order valence-electron chi connectivity index (χ3n) is 4.44. The number of carbonyl (C=O) groups is 2. The van der Waals surface area contributed by atoms with Gasteiger partial charge in [-0.15, -0.1) is 11.8 Å². The van der Waals surface area contributed by atoms with Crippen molar-refractivity contribution in [1.29, 1.82) is 0 Å². The maximum atomic E-state index is 11.9. The van der Waals surface area contributed by atoms with E-state index in [0.29, 0.717) is 32.4 Å². The Bertz CT molecular complexity index is 796. The van der Waals surface area contributed by atoms with Gasteiger partial charge in [0.1, 0.15) is 5.75 Å². The van der Waals surface area contributed by atoms with E-state index in [4.69, 9.17) is 4.74 Å². The van der Waals surface area contributed by atoms with Gasteiger partial charge >= 0.3 is 0 Å². The van der Waals surface area contributed by atoms with Crippen LogP contribution >= 0.6 is 11.8 Å². The van der Waals surface area contributed by atoms with E-state index in [1.165, 1.54) is 4.90 Å². The lowest BCUT2D eigenvalue weighted by Gasteiger charge is -2.17. The van der Waals surface area contributed by atoms with Crippen LogP contribution in [0.4, 0.5) is 5.69 Å². The molecular weight excluding hydrogens is 372 g/mol. The molecule has 0 radical (unpaired) electrons. The van der Waals surface area contributed by atoms with Crippen LogP contribution in [0.3, 0.4) is 0 Å². The highest BCUT2D eigenvalue weighted by molar-refractivity contribution is 7.99. The average Bonchev–Trinajstić information content (AvgIpc) is 2.72. The number of nitrogens with one attached hydrogen (secondary N) is 2. The van der Waals surface area contributed by atoms with Gasteiger partial charge in [-0.25, -0.2) is 0 Å². The Morgan fingerprint density at radius 2 is 1.96 bits per heavy atom. The Balaban J connectivity index is 1.25. The molecule has 1 aliphatic rings. The first kappa shape index (κ1) is 20.3. The van der Waals surface area contributed by atoms with Crippen LogP contribution in [-0.2, 0) is 16.0 Å². The van der Waals surface area contributed by atoms with E-state index in [2.05, 4.69) is 22.8 Å². The molecule has 1 heterocycles. The highest BCUT2D eigenvalue weighted by Gasteiger charge is 2.15. The van der Waals surface area contributed by atoms with Crippen LogP contribution in [0.15, 0.2) is 53.4 Å². The number of aryl methyl sites for hydroxylation is 1. The maximum absolute atomic E-state index is 11.9. The van der Waals surface area contributed by atoms with Crippen molar-refractivity contribution in [2.24, 2.45) is 0 Å². The third-order valence-corrected chi connectivity index (χ3v) is 5.54. The number of fused-ring (bicyclic) bond motifs is 1. The van der Waals surface area contributed by atoms with Crippen LogP contribution < -0.4 is 15.4 Å². The average molecular weight is 399 g/mol. The van der Waals surface area contributed by atoms with E-state index in [9.17, 15) is 9.59 Å². The van der Waals surface area contributed by atoms with Crippen molar-refractivity contribution in [1.82, 2.24) is 5.32 Å². The first-order valence-corrected chi connectivity index (χ1v) is 10.7. The monoisotopic (exact) mass is 398 g/mol. The van der Waals surface area contributed by atoms with Crippen molar-refractivity contribution in [2.45, 2.75) is 37.0 Å². The van der Waals surface area contributed by atoms with Gasteiger partial charge in [-0.3, -0.25) is 9.59 Å². The molecule has 0 saturated carbocycles. The second-order valence-electron chi connectivity index (χ2n) is 6.68. The van der Waals surface area contributed by atoms with Crippen LogP contribution in [0, 0.1) is 0 Å². The van der Waals surface area contributed by atoms with Gasteiger partial charge in [0, 0.05) is 30.0 Å². The fourth-order valence-electron chi connectivity index (χ4n) is 2.97. The van der Waals surface area contributed by atoms with Crippen molar-refractivity contribution < 1.29 is 14.3 Å². The van der Waals surface area contributed by atoms with Gasteiger partial charge in [0.25, 0.3) is 0 Å². The second kappa shape index (κ2) is 10.8. The summed E-state index contributed by atoms with van der Waals surface area (Å²) in [6, 6.07) is 16.0. The Labute approximate surface area is 170 Å². The summed E-state index contributed by atoms with van der Waals surface area (Å²) in [6.07, 6.45) is 3.35. The Morgan fingerprint density at radius 1 is 1.11 bits per heavy atom. The second-order valence-corrected chi connectivity index (χ2v) is 7.85. The largest absolute Gasteiger partial charge is 0.494 e. The molecule has 0 unspecified atom stereocenters. The van der Waals surface area contributed by atoms with E-state index in [-0.39, 0.29) is 11.8 Å². The van der Waals surface area contributed by atoms with Gasteiger partial charge in [0.15, 0.2) is 0 Å². The van der Waals surface area contributed by atoms with Crippen LogP contribution in [0.1, 0.15) is 31.2 Å². The zero-order valence-electron chi connectivity index (χ0n) is 15.9. The summed E-state index contributed by atoms with van der Waals surface area (Å²) in [4.78, 5) is 24.5. The van der Waals surface area contributed by atoms with Crippen LogP contribution in [0.2, 0.25) is 0 Å². The molecule has 0 saturated heterocycles. The van der Waals surface area contributed by atoms with Crippen molar-refractivity contribution in [3.63, 3.8) is 0 Å². The van der Waals surface area contributed by atoms with Gasteiger partial charge in [0.05, 0.1) is 6.61 Å². The third kappa shape index (κ3) is 6.60. The zero-order chi connectivity index (χ0) is 19.6. The van der Waals surface area contributed by atoms with Gasteiger partial charge < -0.3 is 15.4 Å². The Hall–Kier alpha value is -2.47. The summed E-state index contributed by atoms with van der Waals surface area (Å²) in [6.45, 7) is 1.21.